The first-order chi connectivity index (χ1) is 17.0. The van der Waals surface area contributed by atoms with E-state index in [1.165, 1.54) is 37.3 Å². The maximum Gasteiger partial charge on any atom is 0.342 e. The van der Waals surface area contributed by atoms with Crippen molar-refractivity contribution in [3.8, 4) is 5.75 Å². The molecule has 1 aliphatic carbocycles. The van der Waals surface area contributed by atoms with E-state index < -0.39 is 23.9 Å². The van der Waals surface area contributed by atoms with Gasteiger partial charge in [-0.05, 0) is 60.8 Å². The number of fused-ring (bicyclic) bond motifs is 1. The molecule has 0 bridgehead atoms. The first-order valence-corrected chi connectivity index (χ1v) is 13.3. The first-order valence-electron chi connectivity index (χ1n) is 13.3. The average Bonchev–Trinajstić information content (AvgIpc) is 2.86. The van der Waals surface area contributed by atoms with Crippen LogP contribution in [-0.4, -0.2) is 11.9 Å². The smallest absolute Gasteiger partial charge is 0.342 e. The molecule has 1 aliphatic heterocycles. The van der Waals surface area contributed by atoms with E-state index in [4.69, 9.17) is 9.47 Å². The molecule has 0 N–H and O–H groups in total. The van der Waals surface area contributed by atoms with Crippen molar-refractivity contribution >= 4 is 11.9 Å². The molecule has 0 radical (unpaired) electrons. The molecule has 35 heavy (non-hydrogen) atoms. The summed E-state index contributed by atoms with van der Waals surface area (Å²) in [5, 5.41) is 0. The van der Waals surface area contributed by atoms with Crippen molar-refractivity contribution in [3.05, 3.63) is 64.5 Å². The molecule has 0 amide bonds. The van der Waals surface area contributed by atoms with E-state index in [9.17, 15) is 9.59 Å². The number of esters is 2. The van der Waals surface area contributed by atoms with Crippen LogP contribution in [0.2, 0.25) is 0 Å². The minimum atomic E-state index is -0.800. The van der Waals surface area contributed by atoms with Gasteiger partial charge in [0.05, 0.1) is 5.92 Å². The monoisotopic (exact) mass is 480 g/mol. The Morgan fingerprint density at radius 1 is 1.00 bits per heavy atom. The molecule has 0 saturated heterocycles. The molecule has 188 valence electrons. The Bertz CT molecular complexity index is 1020. The summed E-state index contributed by atoms with van der Waals surface area (Å²) in [6.45, 7) is 4.34. The molecule has 5 heteroatoms. The molecular formula is C30H37FO4. The summed E-state index contributed by atoms with van der Waals surface area (Å²) in [5.41, 5.74) is 2.59. The number of hydrogen-bond acceptors (Lipinski definition) is 4. The Balaban J connectivity index is 1.38. The van der Waals surface area contributed by atoms with Crippen LogP contribution in [0.25, 0.3) is 0 Å². The zero-order chi connectivity index (χ0) is 24.8. The van der Waals surface area contributed by atoms with E-state index >= 15 is 4.39 Å². The van der Waals surface area contributed by atoms with Crippen molar-refractivity contribution in [3.63, 3.8) is 0 Å². The van der Waals surface area contributed by atoms with Crippen molar-refractivity contribution in [2.75, 3.05) is 0 Å². The molecule has 1 atom stereocenters. The summed E-state index contributed by atoms with van der Waals surface area (Å²) in [6.07, 6.45) is 10.5. The fourth-order valence-corrected chi connectivity index (χ4v) is 5.43. The van der Waals surface area contributed by atoms with Crippen LogP contribution in [0.5, 0.6) is 5.75 Å². The van der Waals surface area contributed by atoms with Crippen molar-refractivity contribution in [2.45, 2.75) is 90.6 Å². The molecule has 2 aromatic carbocycles. The van der Waals surface area contributed by atoms with Gasteiger partial charge in [-0.25, -0.2) is 9.18 Å². The van der Waals surface area contributed by atoms with Crippen molar-refractivity contribution < 1.29 is 23.5 Å². The summed E-state index contributed by atoms with van der Waals surface area (Å²) in [4.78, 5) is 25.5. The second kappa shape index (κ2) is 11.8. The molecule has 4 rings (SSSR count). The summed E-state index contributed by atoms with van der Waals surface area (Å²) in [6, 6.07) is 11.2. The van der Waals surface area contributed by atoms with E-state index in [0.29, 0.717) is 17.9 Å². The van der Waals surface area contributed by atoms with Crippen molar-refractivity contribution in [1.82, 2.24) is 0 Å². The largest absolute Gasteiger partial charge is 0.453 e. The normalized spacial score (nSPS) is 21.8. The molecule has 1 fully saturated rings. The Morgan fingerprint density at radius 3 is 2.43 bits per heavy atom. The van der Waals surface area contributed by atoms with Gasteiger partial charge in [-0.15, -0.1) is 0 Å². The molecule has 1 saturated carbocycles. The van der Waals surface area contributed by atoms with Crippen molar-refractivity contribution in [2.24, 2.45) is 11.8 Å². The van der Waals surface area contributed by atoms with E-state index in [-0.39, 0.29) is 17.2 Å². The number of halogens is 1. The number of carbonyl (C=O) groups is 2. The van der Waals surface area contributed by atoms with Gasteiger partial charge in [-0.1, -0.05) is 76.3 Å². The molecule has 2 aliphatic rings. The summed E-state index contributed by atoms with van der Waals surface area (Å²) in [5.74, 6) is -1.62. The molecule has 2 aromatic rings. The van der Waals surface area contributed by atoms with Gasteiger partial charge in [0.1, 0.15) is 11.7 Å². The van der Waals surface area contributed by atoms with Crippen LogP contribution in [0.3, 0.4) is 0 Å². The highest BCUT2D eigenvalue weighted by Crippen LogP contribution is 2.37. The van der Waals surface area contributed by atoms with Gasteiger partial charge in [0.25, 0.3) is 0 Å². The van der Waals surface area contributed by atoms with Gasteiger partial charge < -0.3 is 9.47 Å². The van der Waals surface area contributed by atoms with Gasteiger partial charge in [0.15, 0.2) is 11.6 Å². The molecular weight excluding hydrogens is 443 g/mol. The number of hydrogen-bond donors (Lipinski definition) is 0. The first kappa shape index (κ1) is 25.4. The standard InChI is InChI=1S/C30H37FO4/c1-3-5-6-8-21-11-15-23(16-12-21)29(32)34-25-18-17-24-19-26(35-30(33)27(24)28(25)31)22-13-9-20(7-4-2)10-14-22/h9-10,13-14,17-18,21,23,26H,3-8,11-12,15-16,19H2,1-2H3. The van der Waals surface area contributed by atoms with Crippen LogP contribution in [0.4, 0.5) is 4.39 Å². The number of ether oxygens (including phenoxy) is 2. The minimum Gasteiger partial charge on any atom is -0.453 e. The van der Waals surface area contributed by atoms with Crippen molar-refractivity contribution in [1.29, 1.82) is 0 Å². The third-order valence-electron chi connectivity index (χ3n) is 7.55. The SMILES string of the molecule is CCCCCC1CCC(C(=O)Oc2ccc3c(c2F)C(=O)OC(c2ccc(CCC)cc2)C3)CC1. The fraction of sp³-hybridized carbons (Fsp3) is 0.533. The highest BCUT2D eigenvalue weighted by atomic mass is 19.1. The number of unbranched alkanes of at least 4 members (excludes halogenated alkanes) is 2. The second-order valence-corrected chi connectivity index (χ2v) is 10.1. The lowest BCUT2D eigenvalue weighted by Crippen LogP contribution is -2.27. The molecule has 1 heterocycles. The summed E-state index contributed by atoms with van der Waals surface area (Å²) in [7, 11) is 0. The van der Waals surface area contributed by atoms with E-state index in [0.717, 1.165) is 44.1 Å². The quantitative estimate of drug-likeness (QED) is 0.211. The maximum atomic E-state index is 15.3. The van der Waals surface area contributed by atoms with Gasteiger partial charge in [0, 0.05) is 6.42 Å². The Hall–Kier alpha value is -2.69. The van der Waals surface area contributed by atoms with Crippen LogP contribution in [0, 0.1) is 17.7 Å². The van der Waals surface area contributed by atoms with E-state index in [2.05, 4.69) is 13.8 Å². The topological polar surface area (TPSA) is 52.6 Å². The van der Waals surface area contributed by atoms with Crippen LogP contribution in [0.15, 0.2) is 36.4 Å². The van der Waals surface area contributed by atoms with Crippen LogP contribution in [-0.2, 0) is 22.4 Å². The van der Waals surface area contributed by atoms with Crippen LogP contribution < -0.4 is 4.74 Å². The number of carbonyl (C=O) groups excluding carboxylic acids is 2. The number of aryl methyl sites for hydroxylation is 1. The molecule has 0 aromatic heterocycles. The number of cyclic esters (lactones) is 1. The molecule has 1 unspecified atom stereocenters. The summed E-state index contributed by atoms with van der Waals surface area (Å²) >= 11 is 0. The van der Waals surface area contributed by atoms with Gasteiger partial charge in [-0.2, -0.15) is 0 Å². The third kappa shape index (κ3) is 6.12. The highest BCUT2D eigenvalue weighted by Gasteiger charge is 2.33. The van der Waals surface area contributed by atoms with E-state index in [1.807, 2.05) is 24.3 Å². The lowest BCUT2D eigenvalue weighted by atomic mass is 9.80. The van der Waals surface area contributed by atoms with Crippen LogP contribution in [0.1, 0.15) is 105 Å². The molecule has 0 spiro atoms. The maximum absolute atomic E-state index is 15.3. The lowest BCUT2D eigenvalue weighted by molar-refractivity contribution is -0.140. The number of rotatable bonds is 9. The predicted octanol–water partition coefficient (Wildman–Crippen LogP) is 7.52. The Morgan fingerprint density at radius 2 is 1.74 bits per heavy atom. The van der Waals surface area contributed by atoms with Crippen LogP contribution >= 0.6 is 0 Å². The minimum absolute atomic E-state index is 0.117. The number of benzene rings is 2. The average molecular weight is 481 g/mol. The second-order valence-electron chi connectivity index (χ2n) is 10.1. The summed E-state index contributed by atoms with van der Waals surface area (Å²) < 4.78 is 26.3. The van der Waals surface area contributed by atoms with Gasteiger partial charge >= 0.3 is 11.9 Å². The zero-order valence-corrected chi connectivity index (χ0v) is 21.0. The Labute approximate surface area is 208 Å². The third-order valence-corrected chi connectivity index (χ3v) is 7.55. The lowest BCUT2D eigenvalue weighted by Gasteiger charge is -2.28. The predicted molar refractivity (Wildman–Crippen MR) is 134 cm³/mol. The molecule has 4 nitrogen and oxygen atoms in total. The van der Waals surface area contributed by atoms with Gasteiger partial charge in [-0.3, -0.25) is 4.79 Å². The van der Waals surface area contributed by atoms with Gasteiger partial charge in [0.2, 0.25) is 0 Å². The highest BCUT2D eigenvalue weighted by molar-refractivity contribution is 5.93. The fourth-order valence-electron chi connectivity index (χ4n) is 5.43. The Kier molecular flexibility index (Phi) is 8.59. The zero-order valence-electron chi connectivity index (χ0n) is 21.0. The van der Waals surface area contributed by atoms with E-state index in [1.54, 1.807) is 6.07 Å².